The summed E-state index contributed by atoms with van der Waals surface area (Å²) in [6.07, 6.45) is 1.80. The average molecular weight is 468 g/mol. The molecular weight excluding hydrogens is 445 g/mol. The van der Waals surface area contributed by atoms with Gasteiger partial charge in [0.25, 0.3) is 5.56 Å². The number of hydrogen-bond donors (Lipinski definition) is 1. The smallest absolute Gasteiger partial charge is 0.262 e. The van der Waals surface area contributed by atoms with Gasteiger partial charge < -0.3 is 9.72 Å². The quantitative estimate of drug-likeness (QED) is 0.433. The first-order valence-electron chi connectivity index (χ1n) is 11.1. The van der Waals surface area contributed by atoms with E-state index in [0.717, 1.165) is 11.1 Å². The molecular formula is C25H23F3N4O2. The monoisotopic (exact) mass is 468 g/mol. The molecule has 0 aliphatic heterocycles. The number of alkyl halides is 2. The van der Waals surface area contributed by atoms with E-state index in [1.165, 1.54) is 18.3 Å². The first-order valence-corrected chi connectivity index (χ1v) is 11.1. The van der Waals surface area contributed by atoms with Gasteiger partial charge in [0.2, 0.25) is 5.92 Å². The zero-order valence-corrected chi connectivity index (χ0v) is 18.5. The number of aromatic amines is 1. The average Bonchev–Trinajstić information content (AvgIpc) is 3.25. The first kappa shape index (κ1) is 22.2. The van der Waals surface area contributed by atoms with E-state index in [0.29, 0.717) is 28.2 Å². The Hall–Kier alpha value is -3.62. The fraction of sp³-hybridized carbons (Fsp3) is 0.320. The molecule has 6 nitrogen and oxygen atoms in total. The fourth-order valence-electron chi connectivity index (χ4n) is 4.52. The summed E-state index contributed by atoms with van der Waals surface area (Å²) in [6.45, 7) is 0. The van der Waals surface area contributed by atoms with Crippen molar-refractivity contribution in [2.45, 2.75) is 44.1 Å². The Labute approximate surface area is 193 Å². The lowest BCUT2D eigenvalue weighted by Crippen LogP contribution is -2.27. The van der Waals surface area contributed by atoms with Gasteiger partial charge in [-0.15, -0.1) is 0 Å². The van der Waals surface area contributed by atoms with Crippen molar-refractivity contribution in [1.82, 2.24) is 19.7 Å². The molecule has 2 aromatic carbocycles. The van der Waals surface area contributed by atoms with E-state index < -0.39 is 5.92 Å². The van der Waals surface area contributed by atoms with E-state index in [9.17, 15) is 18.0 Å². The van der Waals surface area contributed by atoms with Gasteiger partial charge in [0.1, 0.15) is 22.8 Å². The molecule has 1 aliphatic rings. The maximum absolute atomic E-state index is 14.1. The highest BCUT2D eigenvalue weighted by Crippen LogP contribution is 2.38. The molecule has 9 heteroatoms. The van der Waals surface area contributed by atoms with Crippen LogP contribution in [0.2, 0.25) is 0 Å². The van der Waals surface area contributed by atoms with Crippen LogP contribution in [0.1, 0.15) is 43.1 Å². The molecule has 0 radical (unpaired) electrons. The molecule has 0 unspecified atom stereocenters. The van der Waals surface area contributed by atoms with Gasteiger partial charge in [-0.05, 0) is 53.8 Å². The van der Waals surface area contributed by atoms with Crippen LogP contribution in [0.4, 0.5) is 13.2 Å². The molecule has 0 bridgehead atoms. The summed E-state index contributed by atoms with van der Waals surface area (Å²) in [5.41, 5.74) is 2.28. The SMILES string of the molecule is COc1ccc(-c2cc(F)ccc2Cc2nc3c(cnn3C3CCC(F)(F)CC3)c(=O)[nH]2)cc1. The van der Waals surface area contributed by atoms with Crippen molar-refractivity contribution in [3.05, 3.63) is 76.2 Å². The number of fused-ring (bicyclic) bond motifs is 1. The van der Waals surface area contributed by atoms with Gasteiger partial charge in [0, 0.05) is 19.3 Å². The lowest BCUT2D eigenvalue weighted by atomic mass is 9.92. The van der Waals surface area contributed by atoms with E-state index in [-0.39, 0.29) is 49.5 Å². The largest absolute Gasteiger partial charge is 0.497 e. The van der Waals surface area contributed by atoms with Crippen molar-refractivity contribution in [2.75, 3.05) is 7.11 Å². The first-order chi connectivity index (χ1) is 16.3. The van der Waals surface area contributed by atoms with E-state index >= 15 is 0 Å². The van der Waals surface area contributed by atoms with Crippen molar-refractivity contribution < 1.29 is 17.9 Å². The molecule has 4 aromatic rings. The summed E-state index contributed by atoms with van der Waals surface area (Å²) in [4.78, 5) is 20.1. The molecule has 0 spiro atoms. The molecule has 1 aliphatic carbocycles. The number of methoxy groups -OCH3 is 1. The molecule has 5 rings (SSSR count). The molecule has 176 valence electrons. The van der Waals surface area contributed by atoms with E-state index in [2.05, 4.69) is 15.1 Å². The number of nitrogens with one attached hydrogen (secondary N) is 1. The lowest BCUT2D eigenvalue weighted by molar-refractivity contribution is -0.0446. The van der Waals surface area contributed by atoms with E-state index in [4.69, 9.17) is 4.74 Å². The molecule has 0 saturated heterocycles. The van der Waals surface area contributed by atoms with Crippen LogP contribution >= 0.6 is 0 Å². The Morgan fingerprint density at radius 3 is 2.59 bits per heavy atom. The number of H-pyrrole nitrogens is 1. The summed E-state index contributed by atoms with van der Waals surface area (Å²) in [6, 6.07) is 11.5. The predicted octanol–water partition coefficient (Wildman–Crippen LogP) is 5.28. The minimum Gasteiger partial charge on any atom is -0.497 e. The minimum atomic E-state index is -2.66. The van der Waals surface area contributed by atoms with Gasteiger partial charge in [-0.25, -0.2) is 22.8 Å². The summed E-state index contributed by atoms with van der Waals surface area (Å²) in [5.74, 6) is -1.96. The molecule has 34 heavy (non-hydrogen) atoms. The lowest BCUT2D eigenvalue weighted by Gasteiger charge is -2.28. The second kappa shape index (κ2) is 8.62. The minimum absolute atomic E-state index is 0.212. The molecule has 1 saturated carbocycles. The number of halogens is 3. The second-order valence-corrected chi connectivity index (χ2v) is 8.63. The van der Waals surface area contributed by atoms with Crippen LogP contribution in [-0.4, -0.2) is 32.8 Å². The fourth-order valence-corrected chi connectivity index (χ4v) is 4.52. The summed E-state index contributed by atoms with van der Waals surface area (Å²) in [5, 5.41) is 4.61. The number of nitrogens with zero attached hydrogens (tertiary/aromatic N) is 3. The molecule has 0 amide bonds. The van der Waals surface area contributed by atoms with Crippen molar-refractivity contribution in [3.63, 3.8) is 0 Å². The van der Waals surface area contributed by atoms with Crippen LogP contribution in [0.3, 0.4) is 0 Å². The third kappa shape index (κ3) is 4.30. The van der Waals surface area contributed by atoms with Crippen molar-refractivity contribution in [3.8, 4) is 16.9 Å². The van der Waals surface area contributed by atoms with Crippen molar-refractivity contribution >= 4 is 11.0 Å². The van der Waals surface area contributed by atoms with Gasteiger partial charge in [0.05, 0.1) is 19.3 Å². The highest BCUT2D eigenvalue weighted by Gasteiger charge is 2.36. The Morgan fingerprint density at radius 1 is 1.15 bits per heavy atom. The van der Waals surface area contributed by atoms with Gasteiger partial charge in [-0.1, -0.05) is 18.2 Å². The number of ether oxygens (including phenoxy) is 1. The van der Waals surface area contributed by atoms with Crippen LogP contribution in [0.15, 0.2) is 53.5 Å². The third-order valence-electron chi connectivity index (χ3n) is 6.38. The predicted molar refractivity (Wildman–Crippen MR) is 122 cm³/mol. The highest BCUT2D eigenvalue weighted by atomic mass is 19.3. The third-order valence-corrected chi connectivity index (χ3v) is 6.38. The number of hydrogen-bond acceptors (Lipinski definition) is 4. The van der Waals surface area contributed by atoms with Gasteiger partial charge >= 0.3 is 0 Å². The van der Waals surface area contributed by atoms with Crippen LogP contribution in [0.5, 0.6) is 5.75 Å². The highest BCUT2D eigenvalue weighted by molar-refractivity contribution is 5.73. The maximum atomic E-state index is 14.1. The Kier molecular flexibility index (Phi) is 5.63. The summed E-state index contributed by atoms with van der Waals surface area (Å²) in [7, 11) is 1.57. The number of rotatable bonds is 5. The Balaban J connectivity index is 1.50. The zero-order valence-electron chi connectivity index (χ0n) is 18.5. The van der Waals surface area contributed by atoms with Crippen molar-refractivity contribution in [2.24, 2.45) is 0 Å². The van der Waals surface area contributed by atoms with Gasteiger partial charge in [-0.2, -0.15) is 5.10 Å². The molecule has 1 N–H and O–H groups in total. The van der Waals surface area contributed by atoms with E-state index in [1.807, 2.05) is 12.1 Å². The van der Waals surface area contributed by atoms with E-state index in [1.54, 1.807) is 30.0 Å². The molecule has 2 heterocycles. The maximum Gasteiger partial charge on any atom is 0.262 e. The zero-order chi connectivity index (χ0) is 23.9. The second-order valence-electron chi connectivity index (χ2n) is 8.63. The van der Waals surface area contributed by atoms with Crippen LogP contribution < -0.4 is 10.3 Å². The van der Waals surface area contributed by atoms with Crippen molar-refractivity contribution in [1.29, 1.82) is 0 Å². The van der Waals surface area contributed by atoms with Crippen LogP contribution in [0.25, 0.3) is 22.2 Å². The normalized spacial score (nSPS) is 16.1. The topological polar surface area (TPSA) is 72.8 Å². The van der Waals surface area contributed by atoms with Gasteiger partial charge in [-0.3, -0.25) is 4.79 Å². The molecule has 0 atom stereocenters. The number of aromatic nitrogens is 4. The standard InChI is InChI=1S/C25H23F3N4O2/c1-34-19-6-3-15(4-7-19)20-13-17(26)5-2-16(20)12-22-30-23-21(24(33)31-22)14-29-32(23)18-8-10-25(27,28)11-9-18/h2-7,13-14,18H,8-12H2,1H3,(H,30,31,33). The summed E-state index contributed by atoms with van der Waals surface area (Å²) < 4.78 is 48.1. The molecule has 1 fully saturated rings. The summed E-state index contributed by atoms with van der Waals surface area (Å²) >= 11 is 0. The van der Waals surface area contributed by atoms with Crippen LogP contribution in [0, 0.1) is 5.82 Å². The molecule has 2 aromatic heterocycles. The van der Waals surface area contributed by atoms with Crippen LogP contribution in [-0.2, 0) is 6.42 Å². The Morgan fingerprint density at radius 2 is 1.88 bits per heavy atom. The number of benzene rings is 2. The Bertz CT molecular complexity index is 1390. The van der Waals surface area contributed by atoms with Gasteiger partial charge in [0.15, 0.2) is 5.65 Å².